The third-order valence-corrected chi connectivity index (χ3v) is 5.36. The van der Waals surface area contributed by atoms with Gasteiger partial charge in [0.1, 0.15) is 5.82 Å². The number of nitrogens with zero attached hydrogens (tertiary/aromatic N) is 3. The molecule has 0 saturated heterocycles. The number of aryl methyl sites for hydroxylation is 1. The summed E-state index contributed by atoms with van der Waals surface area (Å²) in [5.74, 6) is -0.705. The van der Waals surface area contributed by atoms with Crippen LogP contribution in [-0.4, -0.2) is 31.6 Å². The van der Waals surface area contributed by atoms with Gasteiger partial charge in [-0.25, -0.2) is 4.39 Å². The molecule has 0 saturated carbocycles. The molecule has 3 aromatic heterocycles. The van der Waals surface area contributed by atoms with Gasteiger partial charge in [0.15, 0.2) is 5.82 Å². The van der Waals surface area contributed by atoms with Crippen LogP contribution in [0.3, 0.4) is 0 Å². The Morgan fingerprint density at radius 1 is 1.09 bits per heavy atom. The molecule has 8 nitrogen and oxygen atoms in total. The van der Waals surface area contributed by atoms with Gasteiger partial charge in [-0.1, -0.05) is 12.1 Å². The predicted molar refractivity (Wildman–Crippen MR) is 115 cm³/mol. The van der Waals surface area contributed by atoms with Crippen LogP contribution in [0, 0.1) is 5.82 Å². The Morgan fingerprint density at radius 3 is 2.81 bits per heavy atom. The van der Waals surface area contributed by atoms with E-state index in [1.807, 2.05) is 22.8 Å². The maximum atomic E-state index is 13.4. The molecule has 160 valence electrons. The zero-order valence-corrected chi connectivity index (χ0v) is 16.9. The van der Waals surface area contributed by atoms with E-state index in [0.717, 1.165) is 22.6 Å². The molecule has 4 heterocycles. The Bertz CT molecular complexity index is 1310. The minimum absolute atomic E-state index is 0.196. The van der Waals surface area contributed by atoms with Crippen molar-refractivity contribution in [3.05, 3.63) is 89.1 Å². The summed E-state index contributed by atoms with van der Waals surface area (Å²) in [5.41, 5.74) is 3.93. The third-order valence-electron chi connectivity index (χ3n) is 5.36. The minimum atomic E-state index is -0.478. The molecule has 0 atom stereocenters. The number of hydrogen-bond acceptors (Lipinski definition) is 4. The highest BCUT2D eigenvalue weighted by molar-refractivity contribution is 6.04. The lowest BCUT2D eigenvalue weighted by Gasteiger charge is -2.16. The van der Waals surface area contributed by atoms with E-state index in [0.29, 0.717) is 30.9 Å². The van der Waals surface area contributed by atoms with Crippen molar-refractivity contribution in [2.75, 3.05) is 5.32 Å². The molecule has 0 bridgehead atoms. The molecule has 9 heteroatoms. The van der Waals surface area contributed by atoms with Crippen LogP contribution in [0.1, 0.15) is 32.0 Å². The van der Waals surface area contributed by atoms with E-state index >= 15 is 0 Å². The van der Waals surface area contributed by atoms with E-state index in [1.165, 1.54) is 18.2 Å². The van der Waals surface area contributed by atoms with E-state index in [1.54, 1.807) is 24.5 Å². The van der Waals surface area contributed by atoms with Crippen LogP contribution in [0.15, 0.2) is 60.9 Å². The summed E-state index contributed by atoms with van der Waals surface area (Å²) in [5, 5.41) is 12.8. The summed E-state index contributed by atoms with van der Waals surface area (Å²) in [7, 11) is 0. The molecule has 0 radical (unpaired) electrons. The van der Waals surface area contributed by atoms with E-state index in [9.17, 15) is 14.0 Å². The van der Waals surface area contributed by atoms with Gasteiger partial charge in [0.2, 0.25) is 0 Å². The van der Waals surface area contributed by atoms with Gasteiger partial charge in [0, 0.05) is 30.1 Å². The molecule has 32 heavy (non-hydrogen) atoms. The fraction of sp³-hybridized carbons (Fsp3) is 0.130. The fourth-order valence-electron chi connectivity index (χ4n) is 3.77. The van der Waals surface area contributed by atoms with Gasteiger partial charge in [-0.05, 0) is 42.8 Å². The number of anilines is 1. The second-order valence-electron chi connectivity index (χ2n) is 7.45. The molecular formula is C23H19FN6O2. The first-order chi connectivity index (χ1) is 15.6. The maximum Gasteiger partial charge on any atom is 0.256 e. The van der Waals surface area contributed by atoms with Crippen LogP contribution in [0.2, 0.25) is 0 Å². The number of halogens is 1. The monoisotopic (exact) mass is 430 g/mol. The number of carbonyl (C=O) groups is 2. The largest absolute Gasteiger partial charge is 0.346 e. The lowest BCUT2D eigenvalue weighted by molar-refractivity contribution is 0.0949. The summed E-state index contributed by atoms with van der Waals surface area (Å²) in [6, 6.07) is 12.8. The van der Waals surface area contributed by atoms with Gasteiger partial charge < -0.3 is 15.2 Å². The second kappa shape index (κ2) is 8.10. The van der Waals surface area contributed by atoms with Crippen molar-refractivity contribution in [3.8, 4) is 11.4 Å². The van der Waals surface area contributed by atoms with Crippen molar-refractivity contribution in [1.82, 2.24) is 25.1 Å². The summed E-state index contributed by atoms with van der Waals surface area (Å²) in [6.07, 6.45) is 4.11. The highest BCUT2D eigenvalue weighted by Gasteiger charge is 2.25. The Kier molecular flexibility index (Phi) is 4.98. The number of aromatic nitrogens is 4. The quantitative estimate of drug-likeness (QED) is 0.452. The van der Waals surface area contributed by atoms with Crippen molar-refractivity contribution in [1.29, 1.82) is 0 Å². The molecule has 0 aliphatic carbocycles. The standard InChI is InChI=1S/C23H19FN6O2/c24-16-5-3-4-14(10-16)23(32)27-21-18-7-9-30-13-15(11-19(30)20(18)28-29-21)22(31)26-12-17-6-1-2-8-25-17/h1-6,8,10-11,13H,7,9,12H2,(H,26,31)(H2,27,28,29,32). The molecule has 2 amide bonds. The zero-order chi connectivity index (χ0) is 22.1. The first-order valence-corrected chi connectivity index (χ1v) is 10.1. The number of H-pyrrole nitrogens is 1. The normalized spacial score (nSPS) is 12.0. The number of amides is 2. The van der Waals surface area contributed by atoms with Crippen molar-refractivity contribution in [2.45, 2.75) is 19.5 Å². The highest BCUT2D eigenvalue weighted by Crippen LogP contribution is 2.33. The predicted octanol–water partition coefficient (Wildman–Crippen LogP) is 3.15. The van der Waals surface area contributed by atoms with Crippen LogP contribution in [0.25, 0.3) is 11.4 Å². The molecule has 4 aromatic rings. The Balaban J connectivity index is 1.33. The fourth-order valence-corrected chi connectivity index (χ4v) is 3.77. The third kappa shape index (κ3) is 3.76. The van der Waals surface area contributed by atoms with Gasteiger partial charge in [0.05, 0.1) is 29.2 Å². The SMILES string of the molecule is O=C(NCc1ccccn1)c1cc2n(c1)CCc1c(NC(=O)c3cccc(F)c3)n[nH]c1-2. The van der Waals surface area contributed by atoms with Gasteiger partial charge in [0.25, 0.3) is 11.8 Å². The van der Waals surface area contributed by atoms with Crippen LogP contribution in [0.4, 0.5) is 10.2 Å². The van der Waals surface area contributed by atoms with Crippen molar-refractivity contribution in [3.63, 3.8) is 0 Å². The average Bonchev–Trinajstić information content (AvgIpc) is 3.42. The minimum Gasteiger partial charge on any atom is -0.346 e. The van der Waals surface area contributed by atoms with Crippen LogP contribution in [0.5, 0.6) is 0 Å². The number of hydrogen-bond donors (Lipinski definition) is 3. The molecular weight excluding hydrogens is 411 g/mol. The van der Waals surface area contributed by atoms with E-state index in [4.69, 9.17) is 0 Å². The number of carbonyl (C=O) groups excluding carboxylic acids is 2. The zero-order valence-electron chi connectivity index (χ0n) is 16.9. The number of nitrogens with one attached hydrogen (secondary N) is 3. The van der Waals surface area contributed by atoms with Gasteiger partial charge in [-0.2, -0.15) is 5.10 Å². The molecule has 5 rings (SSSR count). The summed E-state index contributed by atoms with van der Waals surface area (Å²) >= 11 is 0. The Morgan fingerprint density at radius 2 is 2.00 bits per heavy atom. The topological polar surface area (TPSA) is 105 Å². The number of aromatic amines is 1. The molecule has 1 aliphatic rings. The average molecular weight is 430 g/mol. The molecule has 1 aliphatic heterocycles. The Labute approximate surface area is 182 Å². The van der Waals surface area contributed by atoms with E-state index in [2.05, 4.69) is 25.8 Å². The van der Waals surface area contributed by atoms with Gasteiger partial charge in [-0.15, -0.1) is 0 Å². The lowest BCUT2D eigenvalue weighted by Crippen LogP contribution is -2.22. The molecule has 1 aromatic carbocycles. The summed E-state index contributed by atoms with van der Waals surface area (Å²) < 4.78 is 15.4. The number of fused-ring (bicyclic) bond motifs is 3. The van der Waals surface area contributed by atoms with Gasteiger partial charge in [-0.3, -0.25) is 19.7 Å². The second-order valence-corrected chi connectivity index (χ2v) is 7.45. The van der Waals surface area contributed by atoms with Crippen LogP contribution < -0.4 is 10.6 Å². The van der Waals surface area contributed by atoms with Crippen LogP contribution >= 0.6 is 0 Å². The summed E-state index contributed by atoms with van der Waals surface area (Å²) in [4.78, 5) is 29.3. The number of rotatable bonds is 5. The number of benzene rings is 1. The number of pyridine rings is 1. The van der Waals surface area contributed by atoms with Crippen molar-refractivity contribution in [2.24, 2.45) is 0 Å². The van der Waals surface area contributed by atoms with E-state index < -0.39 is 11.7 Å². The molecule has 0 unspecified atom stereocenters. The highest BCUT2D eigenvalue weighted by atomic mass is 19.1. The van der Waals surface area contributed by atoms with Gasteiger partial charge >= 0.3 is 0 Å². The van der Waals surface area contributed by atoms with Crippen molar-refractivity contribution < 1.29 is 14.0 Å². The van der Waals surface area contributed by atoms with E-state index in [-0.39, 0.29) is 11.5 Å². The molecule has 0 spiro atoms. The van der Waals surface area contributed by atoms with Crippen molar-refractivity contribution >= 4 is 17.6 Å². The summed E-state index contributed by atoms with van der Waals surface area (Å²) in [6.45, 7) is 0.976. The first kappa shape index (κ1) is 19.7. The van der Waals surface area contributed by atoms with Crippen LogP contribution in [-0.2, 0) is 19.5 Å². The smallest absolute Gasteiger partial charge is 0.256 e. The lowest BCUT2D eigenvalue weighted by atomic mass is 10.1. The molecule has 0 fully saturated rings. The first-order valence-electron chi connectivity index (χ1n) is 10.1. The Hall–Kier alpha value is -4.27. The maximum absolute atomic E-state index is 13.4. The molecule has 3 N–H and O–H groups in total.